The quantitative estimate of drug-likeness (QED) is 0.546. The summed E-state index contributed by atoms with van der Waals surface area (Å²) in [6.07, 6.45) is 2.23. The van der Waals surface area contributed by atoms with Crippen LogP contribution in [0.25, 0.3) is 0 Å². The molecule has 0 amide bonds. The zero-order valence-electron chi connectivity index (χ0n) is 13.0. The van der Waals surface area contributed by atoms with Crippen molar-refractivity contribution in [3.05, 3.63) is 58.7 Å². The minimum absolute atomic E-state index is 0.142. The van der Waals surface area contributed by atoms with Gasteiger partial charge in [0.2, 0.25) is 0 Å². The van der Waals surface area contributed by atoms with Crippen LogP contribution in [-0.2, 0) is 19.4 Å². The Bertz CT molecular complexity index is 704. The van der Waals surface area contributed by atoms with Crippen LogP contribution in [0, 0.1) is 5.82 Å². The molecule has 128 valence electrons. The monoisotopic (exact) mass is 334 g/mol. The molecule has 1 aromatic heterocycles. The fourth-order valence-electron chi connectivity index (χ4n) is 2.38. The van der Waals surface area contributed by atoms with Crippen LogP contribution in [0.15, 0.2) is 30.5 Å². The topological polar surface area (TPSA) is 103 Å². The van der Waals surface area contributed by atoms with Gasteiger partial charge < -0.3 is 20.6 Å². The molecular weight excluding hydrogens is 315 g/mol. The van der Waals surface area contributed by atoms with Gasteiger partial charge in [-0.3, -0.25) is 0 Å². The van der Waals surface area contributed by atoms with Gasteiger partial charge in [-0.1, -0.05) is 12.1 Å². The Kier molecular flexibility index (Phi) is 6.22. The van der Waals surface area contributed by atoms with Gasteiger partial charge >= 0.3 is 5.97 Å². The molecule has 0 aliphatic heterocycles. The lowest BCUT2D eigenvalue weighted by Gasteiger charge is -2.13. The van der Waals surface area contributed by atoms with E-state index in [1.165, 1.54) is 18.3 Å². The van der Waals surface area contributed by atoms with Crippen molar-refractivity contribution in [2.75, 3.05) is 13.2 Å². The first-order chi connectivity index (χ1) is 11.5. The summed E-state index contributed by atoms with van der Waals surface area (Å²) >= 11 is 0. The molecule has 0 saturated carbocycles. The third-order valence-corrected chi connectivity index (χ3v) is 3.63. The van der Waals surface area contributed by atoms with Crippen LogP contribution in [0.2, 0.25) is 0 Å². The first-order valence-corrected chi connectivity index (χ1v) is 7.52. The second-order valence-electron chi connectivity index (χ2n) is 5.29. The molecule has 7 heteroatoms. The predicted octanol–water partition coefficient (Wildman–Crippen LogP) is 1.49. The Labute approximate surface area is 138 Å². The number of aliphatic hydroxyl groups is 1. The summed E-state index contributed by atoms with van der Waals surface area (Å²) in [5.74, 6) is -2.00. The van der Waals surface area contributed by atoms with Gasteiger partial charge in [0.05, 0.1) is 0 Å². The largest absolute Gasteiger partial charge is 0.505 e. The Morgan fingerprint density at radius 1 is 1.21 bits per heavy atom. The van der Waals surface area contributed by atoms with E-state index in [-0.39, 0.29) is 18.8 Å². The molecule has 0 aliphatic carbocycles. The lowest BCUT2D eigenvalue weighted by molar-refractivity contribution is 0.0686. The van der Waals surface area contributed by atoms with Crippen molar-refractivity contribution in [1.82, 2.24) is 10.3 Å². The maximum atomic E-state index is 12.8. The van der Waals surface area contributed by atoms with Gasteiger partial charge in [0.25, 0.3) is 0 Å². The third-order valence-electron chi connectivity index (χ3n) is 3.63. The summed E-state index contributed by atoms with van der Waals surface area (Å²) in [4.78, 5) is 14.8. The number of carbonyl (C=O) groups is 1. The lowest BCUT2D eigenvalue weighted by Crippen LogP contribution is -2.19. The van der Waals surface area contributed by atoms with E-state index in [9.17, 15) is 14.3 Å². The molecule has 0 radical (unpaired) electrons. The highest BCUT2D eigenvalue weighted by atomic mass is 19.1. The number of aromatic hydroxyl groups is 1. The van der Waals surface area contributed by atoms with Crippen molar-refractivity contribution in [2.24, 2.45) is 0 Å². The number of halogens is 1. The smallest absolute Gasteiger partial charge is 0.358 e. The Balaban J connectivity index is 1.99. The molecule has 2 rings (SSSR count). The Morgan fingerprint density at radius 3 is 2.54 bits per heavy atom. The number of aromatic carboxylic acids is 1. The van der Waals surface area contributed by atoms with Gasteiger partial charge in [-0.05, 0) is 42.6 Å². The van der Waals surface area contributed by atoms with Crippen molar-refractivity contribution >= 4 is 5.97 Å². The van der Waals surface area contributed by atoms with Crippen LogP contribution < -0.4 is 5.32 Å². The normalized spacial score (nSPS) is 10.8. The van der Waals surface area contributed by atoms with E-state index < -0.39 is 17.4 Å². The summed E-state index contributed by atoms with van der Waals surface area (Å²) in [6, 6.07) is 6.23. The Morgan fingerprint density at radius 2 is 1.92 bits per heavy atom. The second kappa shape index (κ2) is 8.37. The van der Waals surface area contributed by atoms with E-state index in [0.29, 0.717) is 30.6 Å². The lowest BCUT2D eigenvalue weighted by atomic mass is 10.0. The van der Waals surface area contributed by atoms with E-state index in [2.05, 4.69) is 10.3 Å². The van der Waals surface area contributed by atoms with E-state index in [1.54, 1.807) is 12.1 Å². The average molecular weight is 334 g/mol. The van der Waals surface area contributed by atoms with E-state index in [4.69, 9.17) is 10.2 Å². The first kappa shape index (κ1) is 17.8. The number of hydrogen-bond donors (Lipinski definition) is 4. The van der Waals surface area contributed by atoms with Crippen LogP contribution in [0.5, 0.6) is 5.75 Å². The molecule has 0 fully saturated rings. The van der Waals surface area contributed by atoms with Crippen molar-refractivity contribution in [1.29, 1.82) is 0 Å². The van der Waals surface area contributed by atoms with Gasteiger partial charge in [-0.15, -0.1) is 0 Å². The number of aliphatic hydroxyl groups excluding tert-OH is 1. The highest BCUT2D eigenvalue weighted by molar-refractivity contribution is 5.89. The number of nitrogens with one attached hydrogen (secondary N) is 1. The molecule has 2 aromatic rings. The molecular formula is C17H19FN2O4. The van der Waals surface area contributed by atoms with Crippen LogP contribution in [0.4, 0.5) is 4.39 Å². The van der Waals surface area contributed by atoms with E-state index in [1.807, 2.05) is 0 Å². The highest BCUT2D eigenvalue weighted by Gasteiger charge is 2.18. The van der Waals surface area contributed by atoms with Gasteiger partial charge in [0.15, 0.2) is 11.4 Å². The van der Waals surface area contributed by atoms with Crippen molar-refractivity contribution < 1.29 is 24.5 Å². The molecule has 0 bridgehead atoms. The summed E-state index contributed by atoms with van der Waals surface area (Å²) in [5, 5.41) is 31.3. The predicted molar refractivity (Wildman–Crippen MR) is 85.5 cm³/mol. The van der Waals surface area contributed by atoms with Crippen molar-refractivity contribution in [3.63, 3.8) is 0 Å². The number of pyridine rings is 1. The molecule has 1 heterocycles. The number of benzene rings is 1. The fourth-order valence-corrected chi connectivity index (χ4v) is 2.38. The summed E-state index contributed by atoms with van der Waals surface area (Å²) < 4.78 is 12.8. The van der Waals surface area contributed by atoms with E-state index in [0.717, 1.165) is 5.56 Å². The van der Waals surface area contributed by atoms with Crippen LogP contribution >= 0.6 is 0 Å². The number of carboxylic acid groups (broad SMARTS) is 1. The molecule has 0 spiro atoms. The minimum atomic E-state index is -1.32. The third kappa shape index (κ3) is 4.50. The van der Waals surface area contributed by atoms with Crippen LogP contribution in [-0.4, -0.2) is 39.4 Å². The summed E-state index contributed by atoms with van der Waals surface area (Å²) in [5.41, 5.74) is 1.57. The highest BCUT2D eigenvalue weighted by Crippen LogP contribution is 2.24. The maximum absolute atomic E-state index is 12.8. The number of aromatic nitrogens is 1. The molecule has 1 aromatic carbocycles. The summed E-state index contributed by atoms with van der Waals surface area (Å²) in [6.45, 7) is 0.780. The van der Waals surface area contributed by atoms with E-state index >= 15 is 0 Å². The standard InChI is InChI=1S/C17H19FN2O4/c18-13-3-1-11(2-4-13)5-7-19-9-12-10-20-15(17(23)24)16(22)14(12)6-8-21/h1-4,10,19,21-22H,5-9H2,(H,23,24). The number of carboxylic acids is 1. The zero-order chi connectivity index (χ0) is 17.5. The second-order valence-corrected chi connectivity index (χ2v) is 5.29. The first-order valence-electron chi connectivity index (χ1n) is 7.52. The van der Waals surface area contributed by atoms with Crippen molar-refractivity contribution in [3.8, 4) is 5.75 Å². The SMILES string of the molecule is O=C(O)c1ncc(CNCCc2ccc(F)cc2)c(CCO)c1O. The maximum Gasteiger partial charge on any atom is 0.358 e. The Hall–Kier alpha value is -2.51. The van der Waals surface area contributed by atoms with Crippen molar-refractivity contribution in [2.45, 2.75) is 19.4 Å². The molecule has 6 nitrogen and oxygen atoms in total. The molecule has 4 N–H and O–H groups in total. The van der Waals surface area contributed by atoms with Crippen LogP contribution in [0.1, 0.15) is 27.2 Å². The molecule has 0 aliphatic rings. The molecule has 0 atom stereocenters. The number of rotatable bonds is 8. The number of hydrogen-bond acceptors (Lipinski definition) is 5. The minimum Gasteiger partial charge on any atom is -0.505 e. The fraction of sp³-hybridized carbons (Fsp3) is 0.294. The van der Waals surface area contributed by atoms with Gasteiger partial charge in [0.1, 0.15) is 5.82 Å². The van der Waals surface area contributed by atoms with Gasteiger partial charge in [-0.25, -0.2) is 14.2 Å². The zero-order valence-corrected chi connectivity index (χ0v) is 13.0. The molecule has 0 saturated heterocycles. The molecule has 24 heavy (non-hydrogen) atoms. The van der Waals surface area contributed by atoms with Gasteiger partial charge in [0, 0.05) is 24.9 Å². The van der Waals surface area contributed by atoms with Crippen LogP contribution in [0.3, 0.4) is 0 Å². The average Bonchev–Trinajstić information content (AvgIpc) is 2.55. The number of nitrogens with zero attached hydrogens (tertiary/aromatic N) is 1. The van der Waals surface area contributed by atoms with Gasteiger partial charge in [-0.2, -0.15) is 0 Å². The molecule has 0 unspecified atom stereocenters. The summed E-state index contributed by atoms with van der Waals surface area (Å²) in [7, 11) is 0.